The van der Waals surface area contributed by atoms with Gasteiger partial charge in [0.25, 0.3) is 4.87 Å². The van der Waals surface area contributed by atoms with Crippen molar-refractivity contribution in [1.29, 1.82) is 5.26 Å². The first-order valence-corrected chi connectivity index (χ1v) is 4.86. The van der Waals surface area contributed by atoms with Gasteiger partial charge in [-0.2, -0.15) is 5.26 Å². The van der Waals surface area contributed by atoms with E-state index in [2.05, 4.69) is 0 Å². The van der Waals surface area contributed by atoms with Crippen LogP contribution in [0.15, 0.2) is 30.3 Å². The van der Waals surface area contributed by atoms with Gasteiger partial charge < -0.3 is 4.74 Å². The fourth-order valence-corrected chi connectivity index (χ4v) is 1.31. The minimum absolute atomic E-state index is 0.196. The van der Waals surface area contributed by atoms with Crippen LogP contribution in [0.3, 0.4) is 0 Å². The zero-order chi connectivity index (χ0) is 11.3. The Morgan fingerprint density at radius 1 is 1.53 bits per heavy atom. The van der Waals surface area contributed by atoms with E-state index >= 15 is 0 Å². The Morgan fingerprint density at radius 2 is 2.13 bits per heavy atom. The van der Waals surface area contributed by atoms with Gasteiger partial charge in [-0.3, -0.25) is 0 Å². The molecule has 0 amide bonds. The van der Waals surface area contributed by atoms with E-state index in [0.29, 0.717) is 5.56 Å². The fraction of sp³-hybridized carbons (Fsp3) is 0.273. The summed E-state index contributed by atoms with van der Waals surface area (Å²) < 4.78 is 4.76. The summed E-state index contributed by atoms with van der Waals surface area (Å²) in [6.45, 7) is 1.86. The molecule has 15 heavy (non-hydrogen) atoms. The van der Waals surface area contributed by atoms with Crippen LogP contribution in [0.25, 0.3) is 0 Å². The van der Waals surface area contributed by atoms with Crippen molar-refractivity contribution in [2.24, 2.45) is 0 Å². The number of halogens is 1. The first kappa shape index (κ1) is 11.5. The highest BCUT2D eigenvalue weighted by atomic mass is 35.5. The molecule has 1 aromatic carbocycles. The molecule has 0 aliphatic carbocycles. The first-order chi connectivity index (χ1) is 7.15. The molecule has 4 heteroatoms. The predicted molar refractivity (Wildman–Crippen MR) is 56.2 cm³/mol. The van der Waals surface area contributed by atoms with Gasteiger partial charge >= 0.3 is 5.97 Å². The normalized spacial score (nSPS) is 13.7. The monoisotopic (exact) mass is 223 g/mol. The number of carbonyl (C=O) groups excluding carboxylic acids is 1. The van der Waals surface area contributed by atoms with Crippen LogP contribution in [-0.4, -0.2) is 12.6 Å². The number of hydrogen-bond donors (Lipinski definition) is 0. The summed E-state index contributed by atoms with van der Waals surface area (Å²) in [5, 5.41) is 8.95. The summed E-state index contributed by atoms with van der Waals surface area (Å²) in [5.41, 5.74) is 0.424. The Bertz CT molecular complexity index is 385. The number of nitrogens with zero attached hydrogens (tertiary/aromatic N) is 1. The predicted octanol–water partition coefficient (Wildman–Crippen LogP) is 2.21. The Balaban J connectivity index is 3.07. The second-order valence-corrected chi connectivity index (χ2v) is 3.42. The van der Waals surface area contributed by atoms with Crippen molar-refractivity contribution in [3.05, 3.63) is 35.9 Å². The molecule has 0 heterocycles. The molecule has 0 saturated heterocycles. The topological polar surface area (TPSA) is 50.1 Å². The molecule has 0 fully saturated rings. The van der Waals surface area contributed by atoms with Crippen LogP contribution in [-0.2, 0) is 14.4 Å². The zero-order valence-corrected chi connectivity index (χ0v) is 8.99. The Kier molecular flexibility index (Phi) is 3.70. The Hall–Kier alpha value is -1.53. The number of carbonyl (C=O) groups is 1. The van der Waals surface area contributed by atoms with Gasteiger partial charge in [-0.25, -0.2) is 4.79 Å². The van der Waals surface area contributed by atoms with E-state index in [9.17, 15) is 4.79 Å². The number of benzene rings is 1. The van der Waals surface area contributed by atoms with Crippen molar-refractivity contribution < 1.29 is 9.53 Å². The maximum absolute atomic E-state index is 11.5. The van der Waals surface area contributed by atoms with Crippen LogP contribution in [0.1, 0.15) is 12.5 Å². The number of alkyl halides is 1. The molecule has 0 unspecified atom stereocenters. The molecule has 78 valence electrons. The van der Waals surface area contributed by atoms with Gasteiger partial charge in [-0.1, -0.05) is 41.9 Å². The molecule has 3 nitrogen and oxygen atoms in total. The Labute approximate surface area is 93.2 Å². The highest BCUT2D eigenvalue weighted by molar-refractivity contribution is 6.36. The third kappa shape index (κ3) is 2.28. The van der Waals surface area contributed by atoms with Gasteiger partial charge in [-0.05, 0) is 12.5 Å². The molecule has 1 atom stereocenters. The second-order valence-electron chi connectivity index (χ2n) is 2.86. The van der Waals surface area contributed by atoms with E-state index in [1.54, 1.807) is 43.3 Å². The smallest absolute Gasteiger partial charge is 0.346 e. The third-order valence-corrected chi connectivity index (χ3v) is 2.34. The van der Waals surface area contributed by atoms with E-state index in [-0.39, 0.29) is 6.61 Å². The van der Waals surface area contributed by atoms with Gasteiger partial charge in [0.2, 0.25) is 0 Å². The third-order valence-electron chi connectivity index (χ3n) is 1.88. The molecule has 0 aliphatic rings. The van der Waals surface area contributed by atoms with Crippen molar-refractivity contribution >= 4 is 17.6 Å². The summed E-state index contributed by atoms with van der Waals surface area (Å²) in [7, 11) is 0. The number of hydrogen-bond acceptors (Lipinski definition) is 3. The molecule has 0 N–H and O–H groups in total. The van der Waals surface area contributed by atoms with Crippen molar-refractivity contribution in [2.75, 3.05) is 6.61 Å². The second kappa shape index (κ2) is 4.81. The standard InChI is InChI=1S/C11H10ClNO2/c1-2-15-10(14)11(12,8-13)9-6-4-3-5-7-9/h3-7H,2H2,1H3/t11-/m1/s1. The van der Waals surface area contributed by atoms with Crippen LogP contribution in [0.5, 0.6) is 0 Å². The summed E-state index contributed by atoms with van der Waals surface area (Å²) in [6, 6.07) is 10.2. The molecule has 0 radical (unpaired) electrons. The maximum Gasteiger partial charge on any atom is 0.346 e. The summed E-state index contributed by atoms with van der Waals surface area (Å²) in [4.78, 5) is 9.78. The van der Waals surface area contributed by atoms with Gasteiger partial charge in [-0.15, -0.1) is 0 Å². The number of rotatable bonds is 3. The quantitative estimate of drug-likeness (QED) is 0.583. The zero-order valence-electron chi connectivity index (χ0n) is 8.24. The van der Waals surface area contributed by atoms with E-state index in [1.165, 1.54) is 0 Å². The number of ether oxygens (including phenoxy) is 1. The van der Waals surface area contributed by atoms with E-state index in [0.717, 1.165) is 0 Å². The van der Waals surface area contributed by atoms with E-state index in [1.807, 2.05) is 0 Å². The molecule has 0 spiro atoms. The largest absolute Gasteiger partial charge is 0.464 e. The first-order valence-electron chi connectivity index (χ1n) is 4.48. The average molecular weight is 224 g/mol. The van der Waals surface area contributed by atoms with Gasteiger partial charge in [0.05, 0.1) is 6.61 Å². The van der Waals surface area contributed by atoms with Crippen molar-refractivity contribution in [2.45, 2.75) is 11.8 Å². The highest BCUT2D eigenvalue weighted by Gasteiger charge is 2.40. The maximum atomic E-state index is 11.5. The fourth-order valence-electron chi connectivity index (χ4n) is 1.13. The molecule has 0 bridgehead atoms. The van der Waals surface area contributed by atoms with Crippen molar-refractivity contribution in [3.63, 3.8) is 0 Å². The molecule has 0 aromatic heterocycles. The lowest BCUT2D eigenvalue weighted by atomic mass is 10.00. The van der Waals surface area contributed by atoms with Crippen LogP contribution < -0.4 is 0 Å². The molecular formula is C11H10ClNO2. The lowest BCUT2D eigenvalue weighted by Crippen LogP contribution is -2.30. The molecule has 0 saturated carbocycles. The lowest BCUT2D eigenvalue weighted by Gasteiger charge is -2.17. The minimum Gasteiger partial charge on any atom is -0.464 e. The van der Waals surface area contributed by atoms with Crippen LogP contribution in [0.2, 0.25) is 0 Å². The molecule has 0 aliphatic heterocycles. The van der Waals surface area contributed by atoms with Gasteiger partial charge in [0.15, 0.2) is 0 Å². The molecule has 1 rings (SSSR count). The summed E-state index contributed by atoms with van der Waals surface area (Å²) in [6.07, 6.45) is 0. The molecule has 1 aromatic rings. The SMILES string of the molecule is CCOC(=O)[C@@](Cl)(C#N)c1ccccc1. The van der Waals surface area contributed by atoms with Crippen molar-refractivity contribution in [3.8, 4) is 6.07 Å². The highest BCUT2D eigenvalue weighted by Crippen LogP contribution is 2.29. The van der Waals surface area contributed by atoms with Crippen LogP contribution in [0, 0.1) is 11.3 Å². The minimum atomic E-state index is -1.74. The lowest BCUT2D eigenvalue weighted by molar-refractivity contribution is -0.144. The van der Waals surface area contributed by atoms with Crippen molar-refractivity contribution in [1.82, 2.24) is 0 Å². The average Bonchev–Trinajstić information content (AvgIpc) is 2.29. The summed E-state index contributed by atoms with van der Waals surface area (Å²) in [5.74, 6) is -0.736. The van der Waals surface area contributed by atoms with Crippen LogP contribution in [0.4, 0.5) is 0 Å². The van der Waals surface area contributed by atoms with E-state index in [4.69, 9.17) is 21.6 Å². The number of nitriles is 1. The molecular weight excluding hydrogens is 214 g/mol. The Morgan fingerprint density at radius 3 is 2.60 bits per heavy atom. The van der Waals surface area contributed by atoms with E-state index < -0.39 is 10.8 Å². The summed E-state index contributed by atoms with van der Waals surface area (Å²) >= 11 is 5.94. The number of esters is 1. The van der Waals surface area contributed by atoms with Gasteiger partial charge in [0, 0.05) is 0 Å². The van der Waals surface area contributed by atoms with Crippen LogP contribution >= 0.6 is 11.6 Å². The van der Waals surface area contributed by atoms with Gasteiger partial charge in [0.1, 0.15) is 6.07 Å².